The first kappa shape index (κ1) is 22.3. The smallest absolute Gasteiger partial charge is 0.372 e. The Balaban J connectivity index is 1.85. The highest BCUT2D eigenvalue weighted by Crippen LogP contribution is 2.27. The molecule has 0 unspecified atom stereocenters. The van der Waals surface area contributed by atoms with Gasteiger partial charge < -0.3 is 14.6 Å². The number of nitrogens with one attached hydrogen (secondary N) is 1. The number of alkyl halides is 2. The van der Waals surface area contributed by atoms with Gasteiger partial charge in [-0.05, 0) is 37.3 Å². The topological polar surface area (TPSA) is 111 Å². The molecule has 3 aromatic rings. The molecule has 2 aromatic carbocycles. The van der Waals surface area contributed by atoms with Gasteiger partial charge in [0.25, 0.3) is 5.91 Å². The summed E-state index contributed by atoms with van der Waals surface area (Å²) in [6.45, 7) is 0.902. The minimum Gasteiger partial charge on any atom is -0.392 e. The van der Waals surface area contributed by atoms with E-state index in [1.54, 1.807) is 6.92 Å². The van der Waals surface area contributed by atoms with E-state index in [1.807, 2.05) is 0 Å². The number of benzene rings is 2. The molecule has 12 heteroatoms. The Morgan fingerprint density at radius 3 is 2.52 bits per heavy atom. The lowest BCUT2D eigenvalue weighted by Gasteiger charge is -2.12. The Kier molecular flexibility index (Phi) is 6.32. The van der Waals surface area contributed by atoms with E-state index in [1.165, 1.54) is 47.3 Å². The van der Waals surface area contributed by atoms with Crippen LogP contribution >= 0.6 is 0 Å². The summed E-state index contributed by atoms with van der Waals surface area (Å²) in [5, 5.41) is 16.0. The maximum atomic E-state index is 13.1. The third kappa shape index (κ3) is 5.03. The maximum Gasteiger partial charge on any atom is 0.372 e. The first-order valence-electron chi connectivity index (χ1n) is 8.69. The van der Waals surface area contributed by atoms with Crippen molar-refractivity contribution in [1.82, 2.24) is 9.78 Å². The Hall–Kier alpha value is -3.38. The van der Waals surface area contributed by atoms with Crippen LogP contribution in [0.4, 0.5) is 18.9 Å². The maximum absolute atomic E-state index is 13.1. The predicted molar refractivity (Wildman–Crippen MR) is 104 cm³/mol. The SMILES string of the molecule is Cc1nn(-c2ccc(F)cc2)cc1C(=O)Nc1ccc(CO)c(OS(=O)(=O)C(F)F)c1. The molecule has 0 saturated heterocycles. The number of aromatic nitrogens is 2. The van der Waals surface area contributed by atoms with Gasteiger partial charge >= 0.3 is 15.9 Å². The molecule has 1 heterocycles. The van der Waals surface area contributed by atoms with Crippen molar-refractivity contribution in [1.29, 1.82) is 0 Å². The van der Waals surface area contributed by atoms with Crippen LogP contribution in [0.2, 0.25) is 0 Å². The fourth-order valence-electron chi connectivity index (χ4n) is 2.61. The lowest BCUT2D eigenvalue weighted by atomic mass is 10.2. The Bertz CT molecular complexity index is 1210. The summed E-state index contributed by atoms with van der Waals surface area (Å²) < 4.78 is 66.7. The van der Waals surface area contributed by atoms with Gasteiger partial charge in [0.2, 0.25) is 0 Å². The van der Waals surface area contributed by atoms with Gasteiger partial charge in [-0.1, -0.05) is 6.07 Å². The number of carbonyl (C=O) groups excluding carboxylic acids is 1. The van der Waals surface area contributed by atoms with Crippen LogP contribution in [0, 0.1) is 12.7 Å². The zero-order valence-electron chi connectivity index (χ0n) is 15.9. The number of rotatable bonds is 7. The van der Waals surface area contributed by atoms with E-state index >= 15 is 0 Å². The number of hydrogen-bond acceptors (Lipinski definition) is 6. The molecule has 8 nitrogen and oxygen atoms in total. The van der Waals surface area contributed by atoms with E-state index in [9.17, 15) is 31.5 Å². The van der Waals surface area contributed by atoms with E-state index in [0.717, 1.165) is 6.07 Å². The second-order valence-corrected chi connectivity index (χ2v) is 7.83. The molecular formula is C19H16F3N3O5S. The molecule has 0 aliphatic heterocycles. The number of carbonyl (C=O) groups is 1. The zero-order valence-corrected chi connectivity index (χ0v) is 16.7. The van der Waals surface area contributed by atoms with Crippen molar-refractivity contribution >= 4 is 21.7 Å². The Morgan fingerprint density at radius 2 is 1.90 bits per heavy atom. The monoisotopic (exact) mass is 455 g/mol. The van der Waals surface area contributed by atoms with Gasteiger partial charge in [0, 0.05) is 23.5 Å². The van der Waals surface area contributed by atoms with Crippen LogP contribution in [0.25, 0.3) is 5.69 Å². The average Bonchev–Trinajstić information content (AvgIpc) is 3.10. The number of aryl methyl sites for hydroxylation is 1. The third-order valence-corrected chi connectivity index (χ3v) is 5.00. The molecule has 0 aliphatic rings. The molecule has 164 valence electrons. The summed E-state index contributed by atoms with van der Waals surface area (Å²) in [5.41, 5.74) is 1.01. The third-order valence-electron chi connectivity index (χ3n) is 4.15. The Morgan fingerprint density at radius 1 is 1.23 bits per heavy atom. The Labute approximate surface area is 175 Å². The quantitative estimate of drug-likeness (QED) is 0.530. The molecule has 31 heavy (non-hydrogen) atoms. The fraction of sp³-hybridized carbons (Fsp3) is 0.158. The molecule has 2 N–H and O–H groups in total. The van der Waals surface area contributed by atoms with E-state index in [4.69, 9.17) is 0 Å². The van der Waals surface area contributed by atoms with Gasteiger partial charge in [-0.3, -0.25) is 4.79 Å². The van der Waals surface area contributed by atoms with E-state index in [-0.39, 0.29) is 16.8 Å². The predicted octanol–water partition coefficient (Wildman–Crippen LogP) is 3.00. The zero-order chi connectivity index (χ0) is 22.8. The van der Waals surface area contributed by atoms with Crippen molar-refractivity contribution in [3.8, 4) is 11.4 Å². The number of aliphatic hydroxyl groups is 1. The molecule has 0 bridgehead atoms. The first-order chi connectivity index (χ1) is 14.6. The van der Waals surface area contributed by atoms with Gasteiger partial charge in [-0.2, -0.15) is 22.3 Å². The molecule has 0 fully saturated rings. The van der Waals surface area contributed by atoms with Crippen LogP contribution in [-0.2, 0) is 16.7 Å². The van der Waals surface area contributed by atoms with Crippen LogP contribution in [0.1, 0.15) is 21.6 Å². The summed E-state index contributed by atoms with van der Waals surface area (Å²) in [4.78, 5) is 12.6. The highest BCUT2D eigenvalue weighted by atomic mass is 32.2. The molecule has 0 spiro atoms. The largest absolute Gasteiger partial charge is 0.392 e. The number of aliphatic hydroxyl groups excluding tert-OH is 1. The minimum absolute atomic E-state index is 0.0376. The highest BCUT2D eigenvalue weighted by molar-refractivity contribution is 7.87. The first-order valence-corrected chi connectivity index (χ1v) is 10.2. The van der Waals surface area contributed by atoms with Crippen molar-refractivity contribution in [2.24, 2.45) is 0 Å². The summed E-state index contributed by atoms with van der Waals surface area (Å²) in [5.74, 6) is -5.37. The second kappa shape index (κ2) is 8.78. The standard InChI is InChI=1S/C19H16F3N3O5S/c1-11-16(9-25(24-11)15-6-3-13(20)4-7-15)18(27)23-14-5-2-12(10-26)17(8-14)30-31(28,29)19(21)22/h2-9,19,26H,10H2,1H3,(H,23,27). The number of hydrogen-bond donors (Lipinski definition) is 2. The van der Waals surface area contributed by atoms with Crippen molar-refractivity contribution in [3.63, 3.8) is 0 Å². The van der Waals surface area contributed by atoms with E-state index in [0.29, 0.717) is 11.4 Å². The van der Waals surface area contributed by atoms with Crippen LogP contribution < -0.4 is 9.50 Å². The van der Waals surface area contributed by atoms with Crippen molar-refractivity contribution in [2.75, 3.05) is 5.32 Å². The van der Waals surface area contributed by atoms with Crippen molar-refractivity contribution in [2.45, 2.75) is 19.3 Å². The lowest BCUT2D eigenvalue weighted by Crippen LogP contribution is -2.19. The van der Waals surface area contributed by atoms with Crippen molar-refractivity contribution in [3.05, 3.63) is 71.3 Å². The molecule has 0 saturated carbocycles. The van der Waals surface area contributed by atoms with Crippen LogP contribution in [0.15, 0.2) is 48.7 Å². The summed E-state index contributed by atoms with van der Waals surface area (Å²) >= 11 is 0. The van der Waals surface area contributed by atoms with Crippen LogP contribution in [0.5, 0.6) is 5.75 Å². The molecule has 0 radical (unpaired) electrons. The number of anilines is 1. The van der Waals surface area contributed by atoms with Gasteiger partial charge in [-0.15, -0.1) is 0 Å². The lowest BCUT2D eigenvalue weighted by molar-refractivity contribution is 0.102. The minimum atomic E-state index is -5.22. The van der Waals surface area contributed by atoms with Crippen LogP contribution in [-0.4, -0.2) is 35.0 Å². The summed E-state index contributed by atoms with van der Waals surface area (Å²) in [7, 11) is -5.22. The van der Waals surface area contributed by atoms with E-state index in [2.05, 4.69) is 14.6 Å². The summed E-state index contributed by atoms with van der Waals surface area (Å²) in [6.07, 6.45) is 1.42. The van der Waals surface area contributed by atoms with Gasteiger partial charge in [0.05, 0.1) is 23.6 Å². The van der Waals surface area contributed by atoms with E-state index < -0.39 is 40.0 Å². The van der Waals surface area contributed by atoms with Gasteiger partial charge in [-0.25, -0.2) is 9.07 Å². The molecule has 3 rings (SSSR count). The number of nitrogens with zero attached hydrogens (tertiary/aromatic N) is 2. The van der Waals surface area contributed by atoms with Crippen LogP contribution in [0.3, 0.4) is 0 Å². The number of amides is 1. The molecule has 0 atom stereocenters. The molecular weight excluding hydrogens is 439 g/mol. The second-order valence-electron chi connectivity index (χ2n) is 6.32. The average molecular weight is 455 g/mol. The summed E-state index contributed by atoms with van der Waals surface area (Å²) in [6, 6.07) is 9.00. The normalized spacial score (nSPS) is 11.5. The number of halogens is 3. The molecule has 1 aromatic heterocycles. The van der Waals surface area contributed by atoms with Gasteiger partial charge in [0.15, 0.2) is 0 Å². The molecule has 1 amide bonds. The van der Waals surface area contributed by atoms with Gasteiger partial charge in [0.1, 0.15) is 11.6 Å². The van der Waals surface area contributed by atoms with Crippen molar-refractivity contribution < 1.29 is 35.7 Å². The highest BCUT2D eigenvalue weighted by Gasteiger charge is 2.27. The molecule has 0 aliphatic carbocycles. The fourth-order valence-corrected chi connectivity index (χ4v) is 3.09.